The number of hydrogen-bond donors (Lipinski definition) is 0. The lowest BCUT2D eigenvalue weighted by atomic mass is 10.0. The van der Waals surface area contributed by atoms with E-state index in [0.29, 0.717) is 34.8 Å². The molecule has 3 aromatic rings. The van der Waals surface area contributed by atoms with Gasteiger partial charge in [-0.1, -0.05) is 0 Å². The van der Waals surface area contributed by atoms with Crippen LogP contribution in [0.25, 0.3) is 10.9 Å². The molecule has 0 radical (unpaired) electrons. The fourth-order valence-electron chi connectivity index (χ4n) is 4.03. The van der Waals surface area contributed by atoms with Gasteiger partial charge in [0, 0.05) is 29.6 Å². The summed E-state index contributed by atoms with van der Waals surface area (Å²) >= 11 is 0. The van der Waals surface area contributed by atoms with Crippen LogP contribution >= 0.6 is 0 Å². The Kier molecular flexibility index (Phi) is 5.09. The lowest BCUT2D eigenvalue weighted by Gasteiger charge is -2.27. The van der Waals surface area contributed by atoms with Gasteiger partial charge in [-0.2, -0.15) is 0 Å². The molecule has 2 aromatic carbocycles. The number of aromatic nitrogens is 1. The van der Waals surface area contributed by atoms with E-state index < -0.39 is 0 Å². The van der Waals surface area contributed by atoms with Crippen molar-refractivity contribution in [1.82, 2.24) is 9.88 Å². The van der Waals surface area contributed by atoms with Crippen molar-refractivity contribution in [1.29, 1.82) is 0 Å². The molecular formula is C23H23FN2O3. The summed E-state index contributed by atoms with van der Waals surface area (Å²) < 4.78 is 24.3. The number of carbonyl (C=O) groups is 1. The Hall–Kier alpha value is -3.15. The molecule has 0 aliphatic carbocycles. The molecule has 0 spiro atoms. The van der Waals surface area contributed by atoms with Crippen molar-refractivity contribution in [2.24, 2.45) is 0 Å². The molecule has 0 unspecified atom stereocenters. The highest BCUT2D eigenvalue weighted by molar-refractivity contribution is 5.99. The quantitative estimate of drug-likeness (QED) is 0.645. The number of benzene rings is 2. The van der Waals surface area contributed by atoms with E-state index in [2.05, 4.69) is 4.98 Å². The number of pyridine rings is 1. The number of carbonyl (C=O) groups excluding carboxylic acids is 1. The van der Waals surface area contributed by atoms with Crippen molar-refractivity contribution in [3.8, 4) is 11.5 Å². The van der Waals surface area contributed by atoms with Crippen molar-refractivity contribution in [2.45, 2.75) is 25.8 Å². The summed E-state index contributed by atoms with van der Waals surface area (Å²) in [6.07, 6.45) is 1.77. The van der Waals surface area contributed by atoms with Gasteiger partial charge in [0.25, 0.3) is 5.91 Å². The first-order valence-corrected chi connectivity index (χ1v) is 9.61. The lowest BCUT2D eigenvalue weighted by Crippen LogP contribution is -2.31. The molecule has 1 atom stereocenters. The number of methoxy groups -OCH3 is 2. The number of amides is 1. The molecule has 1 aromatic heterocycles. The molecule has 1 amide bonds. The van der Waals surface area contributed by atoms with E-state index in [1.807, 2.05) is 23.1 Å². The van der Waals surface area contributed by atoms with Crippen LogP contribution < -0.4 is 9.47 Å². The Labute approximate surface area is 169 Å². The molecule has 1 fully saturated rings. The second kappa shape index (κ2) is 7.70. The molecule has 0 N–H and O–H groups in total. The number of halogens is 1. The third-order valence-corrected chi connectivity index (χ3v) is 5.51. The predicted octanol–water partition coefficient (Wildman–Crippen LogP) is 4.68. The van der Waals surface area contributed by atoms with Gasteiger partial charge in [-0.15, -0.1) is 0 Å². The number of nitrogens with zero attached hydrogens (tertiary/aromatic N) is 2. The highest BCUT2D eigenvalue weighted by Crippen LogP contribution is 2.39. The number of ether oxygens (including phenoxy) is 2. The zero-order valence-corrected chi connectivity index (χ0v) is 16.7. The number of rotatable bonds is 4. The summed E-state index contributed by atoms with van der Waals surface area (Å²) in [7, 11) is 3.23. The van der Waals surface area contributed by atoms with Crippen molar-refractivity contribution in [2.75, 3.05) is 20.8 Å². The van der Waals surface area contributed by atoms with Crippen LogP contribution in [0.15, 0.2) is 42.5 Å². The molecule has 4 rings (SSSR count). The second-order valence-electron chi connectivity index (χ2n) is 7.22. The first kappa shape index (κ1) is 19.2. The van der Waals surface area contributed by atoms with Crippen molar-refractivity contribution in [3.63, 3.8) is 0 Å². The highest BCUT2D eigenvalue weighted by atomic mass is 19.1. The highest BCUT2D eigenvalue weighted by Gasteiger charge is 2.33. The largest absolute Gasteiger partial charge is 0.497 e. The van der Waals surface area contributed by atoms with Crippen LogP contribution in [-0.4, -0.2) is 36.6 Å². The van der Waals surface area contributed by atoms with Gasteiger partial charge in [0.2, 0.25) is 0 Å². The monoisotopic (exact) mass is 394 g/mol. The van der Waals surface area contributed by atoms with Gasteiger partial charge in [-0.25, -0.2) is 4.39 Å². The number of aryl methyl sites for hydroxylation is 1. The first-order valence-electron chi connectivity index (χ1n) is 9.61. The summed E-state index contributed by atoms with van der Waals surface area (Å²) in [5.74, 6) is 1.01. The Morgan fingerprint density at radius 3 is 2.72 bits per heavy atom. The minimum Gasteiger partial charge on any atom is -0.497 e. The van der Waals surface area contributed by atoms with Crippen LogP contribution in [0.4, 0.5) is 4.39 Å². The minimum absolute atomic E-state index is 0.0680. The smallest absolute Gasteiger partial charge is 0.256 e. The van der Waals surface area contributed by atoms with Gasteiger partial charge in [0.15, 0.2) is 0 Å². The number of likely N-dealkylation sites (tertiary alicyclic amines) is 1. The Morgan fingerprint density at radius 1 is 1.14 bits per heavy atom. The lowest BCUT2D eigenvalue weighted by molar-refractivity contribution is 0.0733. The number of hydrogen-bond acceptors (Lipinski definition) is 4. The summed E-state index contributed by atoms with van der Waals surface area (Å²) in [6.45, 7) is 2.45. The van der Waals surface area contributed by atoms with Gasteiger partial charge in [0.05, 0.1) is 37.0 Å². The Bertz CT molecular complexity index is 1080. The SMILES string of the molecule is COc1ccc([C@H]2CCCN2C(=O)c2cc3ccc(F)cc3nc2C)c(OC)c1. The molecule has 0 bridgehead atoms. The zero-order chi connectivity index (χ0) is 20.5. The summed E-state index contributed by atoms with van der Waals surface area (Å²) in [4.78, 5) is 19.8. The maximum atomic E-state index is 13.5. The minimum atomic E-state index is -0.338. The average Bonchev–Trinajstić information content (AvgIpc) is 3.21. The van der Waals surface area contributed by atoms with Crippen LogP contribution in [0.3, 0.4) is 0 Å². The maximum absolute atomic E-state index is 13.5. The first-order chi connectivity index (χ1) is 14.0. The van der Waals surface area contributed by atoms with Crippen LogP contribution in [-0.2, 0) is 0 Å². The standard InChI is InChI=1S/C23H23FN2O3/c1-14-19(11-15-6-7-16(24)12-20(15)25-14)23(27)26-10-4-5-21(26)18-9-8-17(28-2)13-22(18)29-3/h6-9,11-13,21H,4-5,10H2,1-3H3/t21-/m1/s1. The van der Waals surface area contributed by atoms with Gasteiger partial charge >= 0.3 is 0 Å². The zero-order valence-electron chi connectivity index (χ0n) is 16.7. The van der Waals surface area contributed by atoms with Gasteiger partial charge in [-0.3, -0.25) is 9.78 Å². The second-order valence-corrected chi connectivity index (χ2v) is 7.22. The molecule has 29 heavy (non-hydrogen) atoms. The van der Waals surface area contributed by atoms with Crippen LogP contribution in [0.5, 0.6) is 11.5 Å². The molecule has 0 saturated carbocycles. The topological polar surface area (TPSA) is 51.7 Å². The Morgan fingerprint density at radius 2 is 1.97 bits per heavy atom. The normalized spacial score (nSPS) is 16.3. The molecule has 5 nitrogen and oxygen atoms in total. The van der Waals surface area contributed by atoms with E-state index in [4.69, 9.17) is 9.47 Å². The van der Waals surface area contributed by atoms with Crippen LogP contribution in [0.2, 0.25) is 0 Å². The van der Waals surface area contributed by atoms with E-state index in [9.17, 15) is 9.18 Å². The van der Waals surface area contributed by atoms with E-state index in [1.54, 1.807) is 33.3 Å². The van der Waals surface area contributed by atoms with Gasteiger partial charge < -0.3 is 14.4 Å². The summed E-state index contributed by atoms with van der Waals surface area (Å²) in [5, 5.41) is 0.748. The van der Waals surface area contributed by atoms with E-state index in [-0.39, 0.29) is 17.8 Å². The third kappa shape index (κ3) is 3.50. The van der Waals surface area contributed by atoms with Crippen LogP contribution in [0, 0.1) is 12.7 Å². The van der Waals surface area contributed by atoms with Crippen molar-refractivity contribution < 1.29 is 18.7 Å². The molecule has 2 heterocycles. The fourth-order valence-corrected chi connectivity index (χ4v) is 4.03. The maximum Gasteiger partial charge on any atom is 0.256 e. The van der Waals surface area contributed by atoms with E-state index in [1.165, 1.54) is 12.1 Å². The molecule has 1 aliphatic rings. The number of fused-ring (bicyclic) bond motifs is 1. The van der Waals surface area contributed by atoms with Crippen molar-refractivity contribution >= 4 is 16.8 Å². The Balaban J connectivity index is 1.71. The summed E-state index contributed by atoms with van der Waals surface area (Å²) in [5.41, 5.74) is 2.66. The molecule has 6 heteroatoms. The molecular weight excluding hydrogens is 371 g/mol. The van der Waals surface area contributed by atoms with Gasteiger partial charge in [0.1, 0.15) is 17.3 Å². The molecule has 1 saturated heterocycles. The third-order valence-electron chi connectivity index (χ3n) is 5.51. The average molecular weight is 394 g/mol. The fraction of sp³-hybridized carbons (Fsp3) is 0.304. The molecule has 1 aliphatic heterocycles. The van der Waals surface area contributed by atoms with Crippen LogP contribution in [0.1, 0.15) is 40.5 Å². The van der Waals surface area contributed by atoms with Crippen molar-refractivity contribution in [3.05, 3.63) is 65.1 Å². The summed E-state index contributed by atoms with van der Waals surface area (Å²) in [6, 6.07) is 11.8. The molecule has 150 valence electrons. The van der Waals surface area contributed by atoms with E-state index >= 15 is 0 Å². The van der Waals surface area contributed by atoms with E-state index in [0.717, 1.165) is 23.8 Å². The predicted molar refractivity (Wildman–Crippen MR) is 109 cm³/mol. The van der Waals surface area contributed by atoms with Gasteiger partial charge in [-0.05, 0) is 50.1 Å².